The van der Waals surface area contributed by atoms with Gasteiger partial charge in [-0.1, -0.05) is 0 Å². The summed E-state index contributed by atoms with van der Waals surface area (Å²) in [6.07, 6.45) is -0.564. The molecule has 25 heavy (non-hydrogen) atoms. The monoisotopic (exact) mass is 360 g/mol. The highest BCUT2D eigenvalue weighted by atomic mass is 19.3. The molecule has 0 spiro atoms. The number of halogens is 3. The molecule has 0 saturated carbocycles. The lowest BCUT2D eigenvalue weighted by Crippen LogP contribution is -2.53. The van der Waals surface area contributed by atoms with Crippen LogP contribution in [0.1, 0.15) is 5.56 Å². The number of benzene rings is 1. The van der Waals surface area contributed by atoms with E-state index in [0.29, 0.717) is 0 Å². The first kappa shape index (κ1) is 19.2. The van der Waals surface area contributed by atoms with E-state index in [1.165, 1.54) is 4.90 Å². The van der Waals surface area contributed by atoms with Gasteiger partial charge in [0.2, 0.25) is 0 Å². The van der Waals surface area contributed by atoms with Gasteiger partial charge in [0.1, 0.15) is 5.82 Å². The van der Waals surface area contributed by atoms with Crippen LogP contribution in [0.3, 0.4) is 0 Å². The second kappa shape index (κ2) is 7.83. The van der Waals surface area contributed by atoms with Crippen molar-refractivity contribution in [3.05, 3.63) is 35.6 Å². The molecule has 1 fully saturated rings. The van der Waals surface area contributed by atoms with Crippen LogP contribution in [-0.2, 0) is 20.2 Å². The van der Waals surface area contributed by atoms with Crippen LogP contribution in [0.25, 0.3) is 0 Å². The lowest BCUT2D eigenvalue weighted by atomic mass is 10.1. The smallest absolute Gasteiger partial charge is 0.349 e. The summed E-state index contributed by atoms with van der Waals surface area (Å²) in [7, 11) is 1.56. The number of ether oxygens (including phenoxy) is 1. The number of carboxylic acid groups (broad SMARTS) is 1. The standard InChI is InChI=1S/C16H19F3N2O4/c1-20(10-14(22)23)8-13-9-21(6-7-25-13)15(24)16(18,19)11-2-4-12(17)5-3-11/h2-5,13H,6-10H2,1H3,(H,22,23). The van der Waals surface area contributed by atoms with Crippen LogP contribution in [0, 0.1) is 5.82 Å². The molecular formula is C16H19F3N2O4. The molecule has 1 aromatic carbocycles. The number of rotatable bonds is 6. The largest absolute Gasteiger partial charge is 0.480 e. The van der Waals surface area contributed by atoms with Crippen molar-refractivity contribution in [2.75, 3.05) is 39.8 Å². The average molecular weight is 360 g/mol. The summed E-state index contributed by atoms with van der Waals surface area (Å²) in [5.74, 6) is -6.84. The highest BCUT2D eigenvalue weighted by Crippen LogP contribution is 2.31. The molecule has 0 aromatic heterocycles. The van der Waals surface area contributed by atoms with Crippen molar-refractivity contribution >= 4 is 11.9 Å². The molecule has 1 unspecified atom stereocenters. The molecule has 1 saturated heterocycles. The minimum absolute atomic E-state index is 0.00869. The second-order valence-corrected chi connectivity index (χ2v) is 5.92. The van der Waals surface area contributed by atoms with Crippen LogP contribution in [-0.4, -0.2) is 72.7 Å². The number of nitrogens with zero attached hydrogens (tertiary/aromatic N) is 2. The van der Waals surface area contributed by atoms with Crippen LogP contribution in [0.2, 0.25) is 0 Å². The highest BCUT2D eigenvalue weighted by molar-refractivity contribution is 5.85. The topological polar surface area (TPSA) is 70.1 Å². The van der Waals surface area contributed by atoms with Crippen molar-refractivity contribution in [1.82, 2.24) is 9.80 Å². The summed E-state index contributed by atoms with van der Waals surface area (Å²) in [5.41, 5.74) is -0.579. The maximum absolute atomic E-state index is 14.4. The highest BCUT2D eigenvalue weighted by Gasteiger charge is 2.45. The number of hydrogen-bond donors (Lipinski definition) is 1. The molecule has 1 aliphatic heterocycles. The summed E-state index contributed by atoms with van der Waals surface area (Å²) < 4.78 is 47.1. The Morgan fingerprint density at radius 3 is 2.60 bits per heavy atom. The van der Waals surface area contributed by atoms with Gasteiger partial charge in [-0.05, 0) is 31.3 Å². The van der Waals surface area contributed by atoms with Crippen LogP contribution >= 0.6 is 0 Å². The Kier molecular flexibility index (Phi) is 6.02. The van der Waals surface area contributed by atoms with E-state index in [4.69, 9.17) is 9.84 Å². The number of likely N-dealkylation sites (N-methyl/N-ethyl adjacent to an activating group) is 1. The van der Waals surface area contributed by atoms with Gasteiger partial charge in [-0.25, -0.2) is 4.39 Å². The molecule has 1 heterocycles. The molecule has 0 aliphatic carbocycles. The second-order valence-electron chi connectivity index (χ2n) is 5.92. The molecular weight excluding hydrogens is 341 g/mol. The summed E-state index contributed by atoms with van der Waals surface area (Å²) in [5, 5.41) is 8.73. The van der Waals surface area contributed by atoms with Gasteiger partial charge < -0.3 is 14.7 Å². The number of carbonyl (C=O) groups excluding carboxylic acids is 1. The predicted octanol–water partition coefficient (Wildman–Crippen LogP) is 1.16. The molecule has 1 aromatic rings. The predicted molar refractivity (Wildman–Crippen MR) is 81.7 cm³/mol. The molecule has 9 heteroatoms. The van der Waals surface area contributed by atoms with E-state index in [-0.39, 0.29) is 32.8 Å². The van der Waals surface area contributed by atoms with Gasteiger partial charge in [-0.3, -0.25) is 14.5 Å². The molecule has 1 amide bonds. The first-order chi connectivity index (χ1) is 11.7. The summed E-state index contributed by atoms with van der Waals surface area (Å²) in [4.78, 5) is 25.4. The maximum atomic E-state index is 14.4. The fourth-order valence-corrected chi connectivity index (χ4v) is 2.64. The lowest BCUT2D eigenvalue weighted by molar-refractivity contribution is -0.166. The minimum atomic E-state index is -3.78. The lowest BCUT2D eigenvalue weighted by Gasteiger charge is -2.36. The molecule has 0 radical (unpaired) electrons. The fraction of sp³-hybridized carbons (Fsp3) is 0.500. The number of carbonyl (C=O) groups is 2. The van der Waals surface area contributed by atoms with Gasteiger partial charge in [0.15, 0.2) is 0 Å². The summed E-state index contributed by atoms with van der Waals surface area (Å²) in [6, 6.07) is 3.51. The first-order valence-corrected chi connectivity index (χ1v) is 7.65. The number of morpholine rings is 1. The normalized spacial score (nSPS) is 18.4. The Labute approximate surface area is 142 Å². The van der Waals surface area contributed by atoms with E-state index < -0.39 is 35.3 Å². The first-order valence-electron chi connectivity index (χ1n) is 7.65. The number of carboxylic acids is 1. The van der Waals surface area contributed by atoms with E-state index >= 15 is 0 Å². The molecule has 1 atom stereocenters. The Balaban J connectivity index is 2.03. The van der Waals surface area contributed by atoms with E-state index in [1.54, 1.807) is 7.05 Å². The quantitative estimate of drug-likeness (QED) is 0.825. The summed E-state index contributed by atoms with van der Waals surface area (Å²) >= 11 is 0. The van der Waals surface area contributed by atoms with Crippen molar-refractivity contribution < 1.29 is 32.6 Å². The van der Waals surface area contributed by atoms with Gasteiger partial charge in [0, 0.05) is 25.2 Å². The van der Waals surface area contributed by atoms with Crippen LogP contribution in [0.5, 0.6) is 0 Å². The third kappa shape index (κ3) is 4.93. The van der Waals surface area contributed by atoms with Crippen LogP contribution in [0.4, 0.5) is 13.2 Å². The van der Waals surface area contributed by atoms with Crippen molar-refractivity contribution in [2.45, 2.75) is 12.0 Å². The average Bonchev–Trinajstić information content (AvgIpc) is 2.54. The zero-order chi connectivity index (χ0) is 18.6. The summed E-state index contributed by atoms with van der Waals surface area (Å²) in [6.45, 7) is -0.0110. The zero-order valence-electron chi connectivity index (χ0n) is 13.6. The molecule has 138 valence electrons. The Hall–Kier alpha value is -2.13. The fourth-order valence-electron chi connectivity index (χ4n) is 2.64. The van der Waals surface area contributed by atoms with Gasteiger partial charge in [0.25, 0.3) is 5.91 Å². The van der Waals surface area contributed by atoms with Gasteiger partial charge in [-0.15, -0.1) is 0 Å². The van der Waals surface area contributed by atoms with Gasteiger partial charge in [0.05, 0.1) is 19.3 Å². The number of aliphatic carboxylic acids is 1. The van der Waals surface area contributed by atoms with Gasteiger partial charge in [-0.2, -0.15) is 8.78 Å². The minimum Gasteiger partial charge on any atom is -0.480 e. The van der Waals surface area contributed by atoms with Crippen LogP contribution in [0.15, 0.2) is 24.3 Å². The third-order valence-electron chi connectivity index (χ3n) is 3.82. The Morgan fingerprint density at radius 2 is 2.00 bits per heavy atom. The Morgan fingerprint density at radius 1 is 1.36 bits per heavy atom. The van der Waals surface area contributed by atoms with E-state index in [2.05, 4.69) is 0 Å². The Bertz CT molecular complexity index is 624. The number of hydrogen-bond acceptors (Lipinski definition) is 4. The maximum Gasteiger partial charge on any atom is 0.349 e. The number of alkyl halides is 2. The molecule has 1 N–H and O–H groups in total. The molecule has 1 aliphatic rings. The van der Waals surface area contributed by atoms with Crippen molar-refractivity contribution in [3.8, 4) is 0 Å². The van der Waals surface area contributed by atoms with E-state index in [0.717, 1.165) is 29.2 Å². The molecule has 2 rings (SSSR count). The van der Waals surface area contributed by atoms with Crippen LogP contribution < -0.4 is 0 Å². The van der Waals surface area contributed by atoms with E-state index in [9.17, 15) is 22.8 Å². The third-order valence-corrected chi connectivity index (χ3v) is 3.82. The molecule has 0 bridgehead atoms. The van der Waals surface area contributed by atoms with Crippen molar-refractivity contribution in [1.29, 1.82) is 0 Å². The zero-order valence-corrected chi connectivity index (χ0v) is 13.6. The van der Waals surface area contributed by atoms with Gasteiger partial charge >= 0.3 is 11.9 Å². The SMILES string of the molecule is CN(CC(=O)O)CC1CN(C(=O)C(F)(F)c2ccc(F)cc2)CCO1. The van der Waals surface area contributed by atoms with Crippen molar-refractivity contribution in [3.63, 3.8) is 0 Å². The van der Waals surface area contributed by atoms with Crippen molar-refractivity contribution in [2.24, 2.45) is 0 Å². The van der Waals surface area contributed by atoms with E-state index in [1.807, 2.05) is 0 Å². The molecule has 6 nitrogen and oxygen atoms in total. The number of amides is 1.